The molecule has 1 aromatic carbocycles. The summed E-state index contributed by atoms with van der Waals surface area (Å²) in [6, 6.07) is 7.51. The highest BCUT2D eigenvalue weighted by atomic mass is 32.1. The lowest BCUT2D eigenvalue weighted by Crippen LogP contribution is -2.51. The van der Waals surface area contributed by atoms with Crippen LogP contribution < -0.4 is 10.6 Å². The normalized spacial score (nSPS) is 21.6. The number of nitrogens with one attached hydrogen (secondary N) is 2. The maximum absolute atomic E-state index is 14.1. The molecular weight excluding hydrogens is 644 g/mol. The third kappa shape index (κ3) is 9.37. The first-order valence-electron chi connectivity index (χ1n) is 17.7. The van der Waals surface area contributed by atoms with Crippen LogP contribution in [0, 0.1) is 18.8 Å². The molecule has 2 fully saturated rings. The lowest BCUT2D eigenvalue weighted by Gasteiger charge is -2.34. The van der Waals surface area contributed by atoms with Crippen molar-refractivity contribution in [2.24, 2.45) is 17.0 Å². The number of hydrogen-bond donors (Lipinski definition) is 3. The number of amides is 3. The van der Waals surface area contributed by atoms with Crippen molar-refractivity contribution < 1.29 is 29.1 Å². The van der Waals surface area contributed by atoms with E-state index in [1.807, 2.05) is 45.3 Å². The van der Waals surface area contributed by atoms with Crippen LogP contribution in [0.2, 0.25) is 0 Å². The average Bonchev–Trinajstić information content (AvgIpc) is 3.87. The summed E-state index contributed by atoms with van der Waals surface area (Å²) < 4.78 is 6.02. The van der Waals surface area contributed by atoms with E-state index in [1.165, 1.54) is 0 Å². The summed E-state index contributed by atoms with van der Waals surface area (Å²) in [6.07, 6.45) is 4.59. The third-order valence-corrected chi connectivity index (χ3v) is 11.0. The second-order valence-corrected chi connectivity index (χ2v) is 14.6. The molecular formula is C36H52N6O6S. The Morgan fingerprint density at radius 1 is 1.12 bits per heavy atom. The van der Waals surface area contributed by atoms with Gasteiger partial charge in [-0.25, -0.2) is 4.98 Å². The monoisotopic (exact) mass is 696 g/mol. The standard InChI is InChI=1S/C36H52N6O6S/c1-23(2)33(31-20-32(40-48-31)41-17-12-29(13-18-41)47-19-14-28(44)11-15-37-21-43)36(46)42-16-5-6-30(42)35(45)39-24(3)26-7-9-27(10-8-26)34-25(4)38-22-49-34/h7-10,21-24,28-31,33,44H,5-6,11-20H2,1-4H3,(H,37,43)(H,39,45). The molecule has 0 bridgehead atoms. The first-order valence-corrected chi connectivity index (χ1v) is 18.6. The smallest absolute Gasteiger partial charge is 0.243 e. The van der Waals surface area contributed by atoms with E-state index in [1.54, 1.807) is 16.2 Å². The van der Waals surface area contributed by atoms with Crippen LogP contribution in [0.4, 0.5) is 0 Å². The SMILES string of the molecule is Cc1ncsc1-c1ccc(C(C)NC(=O)C2CCCN2C(=O)C(C(C)C)C2CC(N3CCC(OCCC(O)CCNC=O)CC3)=NO2)cc1. The van der Waals surface area contributed by atoms with E-state index in [-0.39, 0.29) is 36.0 Å². The highest BCUT2D eigenvalue weighted by molar-refractivity contribution is 7.13. The quantitative estimate of drug-likeness (QED) is 0.187. The summed E-state index contributed by atoms with van der Waals surface area (Å²) >= 11 is 1.62. The lowest BCUT2D eigenvalue weighted by atomic mass is 9.86. The molecule has 4 heterocycles. The van der Waals surface area contributed by atoms with Crippen molar-refractivity contribution in [2.45, 2.75) is 103 Å². The maximum atomic E-state index is 14.1. The summed E-state index contributed by atoms with van der Waals surface area (Å²) in [5.74, 6) is 0.300. The fourth-order valence-corrected chi connectivity index (χ4v) is 7.94. The first-order chi connectivity index (χ1) is 23.7. The van der Waals surface area contributed by atoms with Crippen molar-refractivity contribution in [3.63, 3.8) is 0 Å². The number of amidine groups is 1. The summed E-state index contributed by atoms with van der Waals surface area (Å²) in [6.45, 7) is 11.1. The van der Waals surface area contributed by atoms with Crippen molar-refractivity contribution >= 4 is 35.4 Å². The lowest BCUT2D eigenvalue weighted by molar-refractivity contribution is -0.147. The van der Waals surface area contributed by atoms with Crippen LogP contribution in [0.3, 0.4) is 0 Å². The number of likely N-dealkylation sites (tertiary alicyclic amines) is 2. The number of piperidine rings is 1. The number of ether oxygens (including phenoxy) is 1. The number of hydrogen-bond acceptors (Lipinski definition) is 10. The van der Waals surface area contributed by atoms with E-state index < -0.39 is 18.1 Å². The Labute approximate surface area is 293 Å². The highest BCUT2D eigenvalue weighted by Crippen LogP contribution is 2.32. The third-order valence-electron chi connectivity index (χ3n) is 10.0. The zero-order valence-corrected chi connectivity index (χ0v) is 30.0. The topological polar surface area (TPSA) is 146 Å². The van der Waals surface area contributed by atoms with Gasteiger partial charge in [-0.2, -0.15) is 0 Å². The molecule has 3 aliphatic rings. The van der Waals surface area contributed by atoms with E-state index in [9.17, 15) is 19.5 Å². The minimum Gasteiger partial charge on any atom is -0.393 e. The minimum atomic E-state index is -0.509. The first kappa shape index (κ1) is 36.7. The van der Waals surface area contributed by atoms with E-state index >= 15 is 0 Å². The van der Waals surface area contributed by atoms with Crippen molar-refractivity contribution in [1.29, 1.82) is 0 Å². The number of aromatic nitrogens is 1. The van der Waals surface area contributed by atoms with Gasteiger partial charge in [0.2, 0.25) is 18.2 Å². The fourth-order valence-electron chi connectivity index (χ4n) is 7.13. The molecule has 0 radical (unpaired) electrons. The van der Waals surface area contributed by atoms with Crippen molar-refractivity contribution in [3.8, 4) is 10.4 Å². The van der Waals surface area contributed by atoms with Crippen LogP contribution in [0.1, 0.15) is 83.0 Å². The molecule has 0 saturated carbocycles. The zero-order chi connectivity index (χ0) is 34.9. The van der Waals surface area contributed by atoms with Gasteiger partial charge in [0.1, 0.15) is 18.0 Å². The second-order valence-electron chi connectivity index (χ2n) is 13.8. The molecule has 2 saturated heterocycles. The summed E-state index contributed by atoms with van der Waals surface area (Å²) in [5, 5.41) is 20.2. The largest absolute Gasteiger partial charge is 0.393 e. The molecule has 268 valence electrons. The van der Waals surface area contributed by atoms with Gasteiger partial charge < -0.3 is 35.1 Å². The molecule has 3 N–H and O–H groups in total. The van der Waals surface area contributed by atoms with Gasteiger partial charge in [0.15, 0.2) is 0 Å². The van der Waals surface area contributed by atoms with Crippen LogP contribution in [-0.4, -0.2) is 101 Å². The molecule has 5 unspecified atom stereocenters. The molecule has 2 aromatic rings. The van der Waals surface area contributed by atoms with Gasteiger partial charge >= 0.3 is 0 Å². The number of aryl methyl sites for hydroxylation is 1. The van der Waals surface area contributed by atoms with E-state index in [0.717, 1.165) is 59.9 Å². The van der Waals surface area contributed by atoms with Crippen LogP contribution >= 0.6 is 11.3 Å². The Morgan fingerprint density at radius 3 is 2.55 bits per heavy atom. The van der Waals surface area contributed by atoms with Crippen LogP contribution in [0.15, 0.2) is 34.9 Å². The molecule has 3 amide bonds. The fraction of sp³-hybridized carbons (Fsp3) is 0.639. The number of aliphatic hydroxyl groups excluding tert-OH is 1. The van der Waals surface area contributed by atoms with Gasteiger partial charge in [0, 0.05) is 39.2 Å². The number of rotatable bonds is 15. The molecule has 12 nitrogen and oxygen atoms in total. The van der Waals surface area contributed by atoms with Gasteiger partial charge in [0.25, 0.3) is 0 Å². The van der Waals surface area contributed by atoms with Crippen molar-refractivity contribution in [2.75, 3.05) is 32.8 Å². The zero-order valence-electron chi connectivity index (χ0n) is 29.2. The molecule has 1 aromatic heterocycles. The molecule has 49 heavy (non-hydrogen) atoms. The number of carbonyl (C=O) groups is 3. The van der Waals surface area contributed by atoms with E-state index in [4.69, 9.17) is 9.57 Å². The Hall–Kier alpha value is -3.55. The molecule has 5 atom stereocenters. The van der Waals surface area contributed by atoms with Gasteiger partial charge in [-0.3, -0.25) is 14.4 Å². The molecule has 0 spiro atoms. The molecule has 3 aliphatic heterocycles. The van der Waals surface area contributed by atoms with Crippen molar-refractivity contribution in [1.82, 2.24) is 25.4 Å². The van der Waals surface area contributed by atoms with E-state index in [0.29, 0.717) is 51.8 Å². The number of benzene rings is 1. The Morgan fingerprint density at radius 2 is 1.88 bits per heavy atom. The van der Waals surface area contributed by atoms with Gasteiger partial charge in [0.05, 0.1) is 40.2 Å². The van der Waals surface area contributed by atoms with Gasteiger partial charge in [-0.05, 0) is 69.4 Å². The van der Waals surface area contributed by atoms with Crippen LogP contribution in [0.25, 0.3) is 10.4 Å². The second kappa shape index (κ2) is 17.4. The maximum Gasteiger partial charge on any atom is 0.243 e. The molecule has 13 heteroatoms. The number of oxime groups is 1. The summed E-state index contributed by atoms with van der Waals surface area (Å²) in [4.78, 5) is 53.5. The van der Waals surface area contributed by atoms with Crippen LogP contribution in [0.5, 0.6) is 0 Å². The average molecular weight is 697 g/mol. The Bertz CT molecular complexity index is 1430. The number of thiazole rings is 1. The van der Waals surface area contributed by atoms with Crippen LogP contribution in [-0.2, 0) is 24.0 Å². The minimum absolute atomic E-state index is 0.0136. The molecule has 0 aliphatic carbocycles. The Kier molecular flexibility index (Phi) is 13.0. The van der Waals surface area contributed by atoms with E-state index in [2.05, 4.69) is 37.8 Å². The number of aliphatic hydroxyl groups is 1. The number of nitrogens with zero attached hydrogens (tertiary/aromatic N) is 4. The van der Waals surface area contributed by atoms with Gasteiger partial charge in [-0.1, -0.05) is 43.3 Å². The predicted octanol–water partition coefficient (Wildman–Crippen LogP) is 4.03. The summed E-state index contributed by atoms with van der Waals surface area (Å²) in [5.41, 5.74) is 4.98. The number of carbonyl (C=O) groups excluding carboxylic acids is 3. The summed E-state index contributed by atoms with van der Waals surface area (Å²) in [7, 11) is 0. The molecule has 5 rings (SSSR count). The van der Waals surface area contributed by atoms with Gasteiger partial charge in [-0.15, -0.1) is 11.3 Å². The Balaban J connectivity index is 1.10. The highest BCUT2D eigenvalue weighted by Gasteiger charge is 2.44. The predicted molar refractivity (Wildman–Crippen MR) is 189 cm³/mol. The van der Waals surface area contributed by atoms with Crippen molar-refractivity contribution in [3.05, 3.63) is 41.0 Å².